The van der Waals surface area contributed by atoms with Crippen LogP contribution in [0, 0.1) is 0 Å². The highest BCUT2D eigenvalue weighted by atomic mass is 35.5. The third kappa shape index (κ3) is 2.29. The predicted molar refractivity (Wildman–Crippen MR) is 70.1 cm³/mol. The van der Waals surface area contributed by atoms with Crippen LogP contribution in [0.5, 0.6) is 0 Å². The van der Waals surface area contributed by atoms with Crippen molar-refractivity contribution in [2.75, 3.05) is 0 Å². The van der Waals surface area contributed by atoms with E-state index in [-0.39, 0.29) is 5.02 Å². The summed E-state index contributed by atoms with van der Waals surface area (Å²) < 4.78 is 0. The molecule has 2 nitrogen and oxygen atoms in total. The molecule has 1 aromatic heterocycles. The molecule has 1 heterocycles. The number of rotatable bonds is 2. The second-order valence-electron chi connectivity index (χ2n) is 3.30. The summed E-state index contributed by atoms with van der Waals surface area (Å²) in [6.07, 6.45) is 3.58. The lowest BCUT2D eigenvalue weighted by Gasteiger charge is -2.09. The van der Waals surface area contributed by atoms with Crippen molar-refractivity contribution >= 4 is 41.1 Å². The summed E-state index contributed by atoms with van der Waals surface area (Å²) in [5, 5.41) is 1.17. The molecular weight excluding hydrogens is 280 g/mol. The van der Waals surface area contributed by atoms with Crippen LogP contribution in [0.1, 0.15) is 10.4 Å². The number of aldehydes is 1. The normalized spacial score (nSPS) is 10.3. The van der Waals surface area contributed by atoms with Crippen LogP contribution in [0.3, 0.4) is 0 Å². The lowest BCUT2D eigenvalue weighted by molar-refractivity contribution is 0.112. The molecule has 2 aromatic rings. The zero-order chi connectivity index (χ0) is 12.4. The van der Waals surface area contributed by atoms with Crippen LogP contribution in [0.4, 0.5) is 0 Å². The Labute approximate surface area is 113 Å². The van der Waals surface area contributed by atoms with Crippen LogP contribution in [0.25, 0.3) is 11.1 Å². The van der Waals surface area contributed by atoms with Crippen LogP contribution in [-0.2, 0) is 0 Å². The summed E-state index contributed by atoms with van der Waals surface area (Å²) in [4.78, 5) is 15.0. The molecule has 0 radical (unpaired) electrons. The van der Waals surface area contributed by atoms with E-state index in [0.717, 1.165) is 0 Å². The van der Waals surface area contributed by atoms with Gasteiger partial charge < -0.3 is 0 Å². The van der Waals surface area contributed by atoms with Gasteiger partial charge in [0.2, 0.25) is 0 Å². The highest BCUT2D eigenvalue weighted by molar-refractivity contribution is 6.40. The highest BCUT2D eigenvalue weighted by Crippen LogP contribution is 2.37. The molecule has 0 amide bonds. The molecule has 0 fully saturated rings. The number of hydrogen-bond donors (Lipinski definition) is 0. The standard InChI is InChI=1S/C12H6Cl3NO/c13-9-2-1-3-10(14)12(9)7-4-16-5-11(15)8(7)6-17/h1-6H. The van der Waals surface area contributed by atoms with E-state index in [9.17, 15) is 4.79 Å². The molecule has 1 aromatic carbocycles. The van der Waals surface area contributed by atoms with Gasteiger partial charge in [-0.25, -0.2) is 0 Å². The molecule has 0 atom stereocenters. The van der Waals surface area contributed by atoms with E-state index in [0.29, 0.717) is 33.0 Å². The Morgan fingerprint density at radius 2 is 1.65 bits per heavy atom. The summed E-state index contributed by atoms with van der Waals surface area (Å²) in [5.74, 6) is 0. The summed E-state index contributed by atoms with van der Waals surface area (Å²) in [5.41, 5.74) is 1.42. The SMILES string of the molecule is O=Cc1c(Cl)cncc1-c1c(Cl)cccc1Cl. The highest BCUT2D eigenvalue weighted by Gasteiger charge is 2.14. The third-order valence-electron chi connectivity index (χ3n) is 2.29. The van der Waals surface area contributed by atoms with E-state index in [2.05, 4.69) is 4.98 Å². The van der Waals surface area contributed by atoms with E-state index in [1.165, 1.54) is 12.4 Å². The third-order valence-corrected chi connectivity index (χ3v) is 3.22. The molecule has 0 spiro atoms. The molecule has 0 aliphatic heterocycles. The number of carbonyl (C=O) groups excluding carboxylic acids is 1. The topological polar surface area (TPSA) is 30.0 Å². The van der Waals surface area contributed by atoms with Crippen molar-refractivity contribution in [3.05, 3.63) is 51.2 Å². The first-order chi connectivity index (χ1) is 8.15. The van der Waals surface area contributed by atoms with Gasteiger partial charge in [-0.3, -0.25) is 9.78 Å². The Bertz CT molecular complexity index is 564. The average Bonchev–Trinajstić information content (AvgIpc) is 2.29. The number of nitrogens with zero attached hydrogens (tertiary/aromatic N) is 1. The van der Waals surface area contributed by atoms with Gasteiger partial charge in [-0.05, 0) is 12.1 Å². The van der Waals surface area contributed by atoms with E-state index in [1.807, 2.05) is 0 Å². The van der Waals surface area contributed by atoms with Crippen LogP contribution < -0.4 is 0 Å². The van der Waals surface area contributed by atoms with Gasteiger partial charge in [-0.15, -0.1) is 0 Å². The van der Waals surface area contributed by atoms with Gasteiger partial charge >= 0.3 is 0 Å². The van der Waals surface area contributed by atoms with Crippen molar-refractivity contribution in [2.45, 2.75) is 0 Å². The summed E-state index contributed by atoms with van der Waals surface area (Å²) in [7, 11) is 0. The van der Waals surface area contributed by atoms with Gasteiger partial charge in [0.05, 0.1) is 5.02 Å². The van der Waals surface area contributed by atoms with Gasteiger partial charge in [0, 0.05) is 39.1 Å². The maximum atomic E-state index is 11.0. The lowest BCUT2D eigenvalue weighted by atomic mass is 10.0. The van der Waals surface area contributed by atoms with Crippen molar-refractivity contribution in [1.82, 2.24) is 4.98 Å². The molecule has 17 heavy (non-hydrogen) atoms. The number of hydrogen-bond acceptors (Lipinski definition) is 2. The fourth-order valence-corrected chi connectivity index (χ4v) is 2.32. The number of carbonyl (C=O) groups is 1. The minimum atomic E-state index is 0.272. The first-order valence-electron chi connectivity index (χ1n) is 4.68. The Balaban J connectivity index is 2.77. The fourth-order valence-electron chi connectivity index (χ4n) is 1.52. The van der Waals surface area contributed by atoms with Crippen LogP contribution in [0.15, 0.2) is 30.6 Å². The molecule has 0 unspecified atom stereocenters. The minimum absolute atomic E-state index is 0.272. The zero-order valence-electron chi connectivity index (χ0n) is 8.45. The molecule has 0 aliphatic carbocycles. The van der Waals surface area contributed by atoms with E-state index >= 15 is 0 Å². The molecule has 2 rings (SSSR count). The van der Waals surface area contributed by atoms with Gasteiger partial charge in [0.15, 0.2) is 6.29 Å². The van der Waals surface area contributed by atoms with Gasteiger partial charge in [0.1, 0.15) is 0 Å². The second-order valence-corrected chi connectivity index (χ2v) is 4.52. The predicted octanol–water partition coefficient (Wildman–Crippen LogP) is 4.52. The first-order valence-corrected chi connectivity index (χ1v) is 5.81. The maximum Gasteiger partial charge on any atom is 0.152 e. The summed E-state index contributed by atoms with van der Waals surface area (Å²) >= 11 is 18.1. The molecule has 0 aliphatic rings. The Morgan fingerprint density at radius 3 is 2.24 bits per heavy atom. The molecule has 0 N–H and O–H groups in total. The first kappa shape index (κ1) is 12.4. The number of aromatic nitrogens is 1. The van der Waals surface area contributed by atoms with E-state index in [4.69, 9.17) is 34.8 Å². The number of benzene rings is 1. The van der Waals surface area contributed by atoms with Gasteiger partial charge in [-0.1, -0.05) is 40.9 Å². The quantitative estimate of drug-likeness (QED) is 0.760. The molecular formula is C12H6Cl3NO. The Morgan fingerprint density at radius 1 is 1.00 bits per heavy atom. The molecule has 0 bridgehead atoms. The van der Waals surface area contributed by atoms with Crippen LogP contribution in [-0.4, -0.2) is 11.3 Å². The number of pyridine rings is 1. The fraction of sp³-hybridized carbons (Fsp3) is 0. The summed E-state index contributed by atoms with van der Waals surface area (Å²) in [6, 6.07) is 5.11. The smallest absolute Gasteiger partial charge is 0.152 e. The molecule has 86 valence electrons. The van der Waals surface area contributed by atoms with Crippen molar-refractivity contribution in [1.29, 1.82) is 0 Å². The van der Waals surface area contributed by atoms with Crippen molar-refractivity contribution < 1.29 is 4.79 Å². The van der Waals surface area contributed by atoms with E-state index < -0.39 is 0 Å². The van der Waals surface area contributed by atoms with Crippen LogP contribution in [0.2, 0.25) is 15.1 Å². The van der Waals surface area contributed by atoms with Crippen molar-refractivity contribution in [2.24, 2.45) is 0 Å². The molecule has 0 saturated carbocycles. The minimum Gasteiger partial charge on any atom is -0.298 e. The van der Waals surface area contributed by atoms with Crippen LogP contribution >= 0.6 is 34.8 Å². The lowest BCUT2D eigenvalue weighted by Crippen LogP contribution is -1.92. The van der Waals surface area contributed by atoms with Gasteiger partial charge in [-0.2, -0.15) is 0 Å². The Kier molecular flexibility index (Phi) is 3.67. The van der Waals surface area contributed by atoms with E-state index in [1.54, 1.807) is 18.2 Å². The number of halogens is 3. The zero-order valence-corrected chi connectivity index (χ0v) is 10.7. The maximum absolute atomic E-state index is 11.0. The average molecular weight is 287 g/mol. The Hall–Kier alpha value is -1.09. The largest absolute Gasteiger partial charge is 0.298 e. The van der Waals surface area contributed by atoms with Crippen molar-refractivity contribution in [3.8, 4) is 11.1 Å². The summed E-state index contributed by atoms with van der Waals surface area (Å²) in [6.45, 7) is 0. The molecule has 0 saturated heterocycles. The van der Waals surface area contributed by atoms with Crippen molar-refractivity contribution in [3.63, 3.8) is 0 Å². The molecule has 5 heteroatoms. The second kappa shape index (κ2) is 5.05. The monoisotopic (exact) mass is 285 g/mol. The van der Waals surface area contributed by atoms with Gasteiger partial charge in [0.25, 0.3) is 0 Å².